The van der Waals surface area contributed by atoms with Crippen LogP contribution < -0.4 is 0 Å². The van der Waals surface area contributed by atoms with Gasteiger partial charge < -0.3 is 0 Å². The molecule has 0 saturated carbocycles. The molecule has 0 saturated heterocycles. The third-order valence-electron chi connectivity index (χ3n) is 3.49. The van der Waals surface area contributed by atoms with Crippen LogP contribution in [0, 0.1) is 13.8 Å². The minimum atomic E-state index is 0.871. The average molecular weight is 226 g/mol. The van der Waals surface area contributed by atoms with Crippen molar-refractivity contribution in [2.75, 3.05) is 0 Å². The second-order valence-corrected chi connectivity index (χ2v) is 5.59. The molecule has 1 aromatic carbocycles. The van der Waals surface area contributed by atoms with Gasteiger partial charge in [0.25, 0.3) is 0 Å². The van der Waals surface area contributed by atoms with Gasteiger partial charge in [0.1, 0.15) is 0 Å². The molecule has 0 nitrogen and oxygen atoms in total. The summed E-state index contributed by atoms with van der Waals surface area (Å²) in [5.74, 6) is 2.37. The molecule has 0 amide bonds. The zero-order valence-corrected chi connectivity index (χ0v) is 10.7. The molecule has 1 unspecified atom stereocenters. The van der Waals surface area contributed by atoms with Crippen molar-refractivity contribution in [3.8, 4) is 0 Å². The summed E-state index contributed by atoms with van der Waals surface area (Å²) in [5.41, 5.74) is 7.38. The van der Waals surface area contributed by atoms with Gasteiger partial charge in [-0.05, 0) is 59.2 Å². The molecule has 80 valence electrons. The average Bonchev–Trinajstić information content (AvgIpc) is 2.84. The molecular formula is C15H15P. The molecule has 16 heavy (non-hydrogen) atoms. The van der Waals surface area contributed by atoms with Crippen molar-refractivity contribution in [2.24, 2.45) is 0 Å². The van der Waals surface area contributed by atoms with E-state index in [-0.39, 0.29) is 0 Å². The Morgan fingerprint density at radius 2 is 1.94 bits per heavy atom. The van der Waals surface area contributed by atoms with E-state index in [4.69, 9.17) is 0 Å². The van der Waals surface area contributed by atoms with Gasteiger partial charge in [0.05, 0.1) is 0 Å². The van der Waals surface area contributed by atoms with Gasteiger partial charge in [-0.2, -0.15) is 0 Å². The molecule has 1 aliphatic carbocycles. The van der Waals surface area contributed by atoms with Gasteiger partial charge in [0.2, 0.25) is 0 Å². The van der Waals surface area contributed by atoms with E-state index in [1.165, 1.54) is 27.8 Å². The van der Waals surface area contributed by atoms with Crippen molar-refractivity contribution in [3.63, 3.8) is 0 Å². The third kappa shape index (κ3) is 1.45. The molecule has 3 rings (SSSR count). The zero-order chi connectivity index (χ0) is 11.1. The molecule has 1 atom stereocenters. The molecule has 0 N–H and O–H groups in total. The lowest BCUT2D eigenvalue weighted by molar-refractivity contribution is 1.31. The Labute approximate surface area is 98.1 Å². The molecule has 1 heterocycles. The van der Waals surface area contributed by atoms with Gasteiger partial charge in [-0.25, -0.2) is 0 Å². The Hall–Kier alpha value is -1.26. The number of benzene rings is 1. The first-order valence-electron chi connectivity index (χ1n) is 5.69. The molecule has 0 spiro atoms. The molecule has 0 bridgehead atoms. The van der Waals surface area contributed by atoms with E-state index in [1.54, 1.807) is 5.30 Å². The SMILES string of the molecule is Cc1c[pH]c(C2=Cc3ccccc3C2)c1C. The van der Waals surface area contributed by atoms with Crippen LogP contribution in [0.25, 0.3) is 11.6 Å². The van der Waals surface area contributed by atoms with E-state index in [9.17, 15) is 0 Å². The van der Waals surface area contributed by atoms with Gasteiger partial charge in [-0.15, -0.1) is 8.19 Å². The summed E-state index contributed by atoms with van der Waals surface area (Å²) in [6.07, 6.45) is 3.49. The standard InChI is InChI=1S/C15H15P/c1-10-9-16-15(11(10)2)14-7-12-5-3-4-6-13(12)8-14/h3-7,9,16H,8H2,1-2H3. The predicted molar refractivity (Wildman–Crippen MR) is 73.4 cm³/mol. The first kappa shape index (κ1) is 9.93. The van der Waals surface area contributed by atoms with Crippen LogP contribution in [0.2, 0.25) is 0 Å². The van der Waals surface area contributed by atoms with Gasteiger partial charge in [0, 0.05) is 0 Å². The van der Waals surface area contributed by atoms with E-state index in [2.05, 4.69) is 50.0 Å². The molecule has 0 aliphatic heterocycles. The first-order valence-corrected chi connectivity index (χ1v) is 6.77. The summed E-state index contributed by atoms with van der Waals surface area (Å²) < 4.78 is 0. The van der Waals surface area contributed by atoms with Gasteiger partial charge in [0.15, 0.2) is 0 Å². The lowest BCUT2D eigenvalue weighted by Gasteiger charge is -2.02. The number of fused-ring (bicyclic) bond motifs is 1. The minimum Gasteiger partial charge on any atom is -0.131 e. The molecule has 0 fully saturated rings. The van der Waals surface area contributed by atoms with Crippen LogP contribution in [0.1, 0.15) is 27.5 Å². The van der Waals surface area contributed by atoms with E-state index < -0.39 is 0 Å². The minimum absolute atomic E-state index is 0.871. The predicted octanol–water partition coefficient (Wildman–Crippen LogP) is 4.43. The number of hydrogen-bond acceptors (Lipinski definition) is 0. The Balaban J connectivity index is 2.05. The maximum atomic E-state index is 2.37. The largest absolute Gasteiger partial charge is 0.131 e. The lowest BCUT2D eigenvalue weighted by Crippen LogP contribution is -1.84. The van der Waals surface area contributed by atoms with Crippen molar-refractivity contribution >= 4 is 19.8 Å². The summed E-state index contributed by atoms with van der Waals surface area (Å²) in [7, 11) is 0.871. The van der Waals surface area contributed by atoms with Crippen molar-refractivity contribution in [2.45, 2.75) is 20.3 Å². The highest BCUT2D eigenvalue weighted by molar-refractivity contribution is 7.31. The van der Waals surface area contributed by atoms with Gasteiger partial charge in [-0.3, -0.25) is 0 Å². The highest BCUT2D eigenvalue weighted by Crippen LogP contribution is 2.38. The summed E-state index contributed by atoms with van der Waals surface area (Å²) in [6, 6.07) is 8.72. The quantitative estimate of drug-likeness (QED) is 0.674. The topological polar surface area (TPSA) is 0 Å². The fraction of sp³-hybridized carbons (Fsp3) is 0.200. The van der Waals surface area contributed by atoms with Crippen molar-refractivity contribution < 1.29 is 0 Å². The normalized spacial score (nSPS) is 14.2. The Morgan fingerprint density at radius 1 is 1.12 bits per heavy atom. The zero-order valence-electron chi connectivity index (χ0n) is 9.67. The molecule has 1 heteroatoms. The van der Waals surface area contributed by atoms with E-state index in [0.717, 1.165) is 14.6 Å². The molecule has 1 aliphatic rings. The van der Waals surface area contributed by atoms with E-state index in [0.29, 0.717) is 0 Å². The third-order valence-corrected chi connectivity index (χ3v) is 5.05. The molecule has 2 aromatic rings. The second kappa shape index (κ2) is 3.64. The number of allylic oxidation sites excluding steroid dienone is 1. The van der Waals surface area contributed by atoms with Gasteiger partial charge >= 0.3 is 0 Å². The maximum absolute atomic E-state index is 2.37. The van der Waals surface area contributed by atoms with Crippen LogP contribution in [-0.4, -0.2) is 0 Å². The molecule has 0 radical (unpaired) electrons. The highest BCUT2D eigenvalue weighted by Gasteiger charge is 2.15. The van der Waals surface area contributed by atoms with E-state index in [1.807, 2.05) is 0 Å². The van der Waals surface area contributed by atoms with Crippen LogP contribution in [-0.2, 0) is 6.42 Å². The van der Waals surface area contributed by atoms with Crippen LogP contribution in [0.3, 0.4) is 0 Å². The van der Waals surface area contributed by atoms with Crippen molar-refractivity contribution in [1.82, 2.24) is 0 Å². The van der Waals surface area contributed by atoms with Crippen LogP contribution in [0.5, 0.6) is 0 Å². The molecular weight excluding hydrogens is 211 g/mol. The van der Waals surface area contributed by atoms with Crippen molar-refractivity contribution in [3.05, 3.63) is 57.6 Å². The fourth-order valence-electron chi connectivity index (χ4n) is 2.37. The monoisotopic (exact) mass is 226 g/mol. The Kier molecular flexibility index (Phi) is 2.26. The fourth-order valence-corrected chi connectivity index (χ4v) is 3.71. The second-order valence-electron chi connectivity index (χ2n) is 4.52. The Bertz CT molecular complexity index is 573. The number of aryl methyl sites for hydroxylation is 1. The summed E-state index contributed by atoms with van der Waals surface area (Å²) in [6.45, 7) is 4.48. The van der Waals surface area contributed by atoms with Gasteiger partial charge in [-0.1, -0.05) is 30.3 Å². The maximum Gasteiger partial charge on any atom is -0.00104 e. The number of hydrogen-bond donors (Lipinski definition) is 0. The summed E-state index contributed by atoms with van der Waals surface area (Å²) >= 11 is 0. The van der Waals surface area contributed by atoms with Crippen LogP contribution >= 0.6 is 8.19 Å². The van der Waals surface area contributed by atoms with E-state index >= 15 is 0 Å². The lowest BCUT2D eigenvalue weighted by atomic mass is 10.1. The van der Waals surface area contributed by atoms with Crippen LogP contribution in [0.15, 0.2) is 30.1 Å². The summed E-state index contributed by atoms with van der Waals surface area (Å²) in [4.78, 5) is 0. The summed E-state index contributed by atoms with van der Waals surface area (Å²) in [5, 5.41) is 1.58. The molecule has 1 aromatic heterocycles. The highest BCUT2D eigenvalue weighted by atomic mass is 31.0. The Morgan fingerprint density at radius 3 is 2.62 bits per heavy atom. The van der Waals surface area contributed by atoms with Crippen LogP contribution in [0.4, 0.5) is 0 Å². The number of rotatable bonds is 1. The van der Waals surface area contributed by atoms with Crippen molar-refractivity contribution in [1.29, 1.82) is 0 Å². The smallest absolute Gasteiger partial charge is 0.00104 e. The first-order chi connectivity index (χ1) is 7.75.